The smallest absolute Gasteiger partial charge is 0.135 e. The molecule has 160 valence electrons. The lowest BCUT2D eigenvalue weighted by atomic mass is 9.94. The fourth-order valence-corrected chi connectivity index (χ4v) is 4.61. The van der Waals surface area contributed by atoms with Crippen LogP contribution in [-0.4, -0.2) is 14.5 Å². The van der Waals surface area contributed by atoms with E-state index in [1.54, 1.807) is 0 Å². The lowest BCUT2D eigenvalue weighted by Gasteiger charge is -2.19. The Kier molecular flexibility index (Phi) is 4.34. The van der Waals surface area contributed by atoms with Gasteiger partial charge in [0.25, 0.3) is 0 Å². The predicted octanol–water partition coefficient (Wildman–Crippen LogP) is 7.69. The first kappa shape index (κ1) is 19.7. The van der Waals surface area contributed by atoms with Crippen LogP contribution in [0.3, 0.4) is 0 Å². The molecule has 3 nitrogen and oxygen atoms in total. The van der Waals surface area contributed by atoms with Gasteiger partial charge >= 0.3 is 0 Å². The molecule has 0 aliphatic carbocycles. The van der Waals surface area contributed by atoms with E-state index in [-0.39, 0.29) is 5.41 Å². The predicted molar refractivity (Wildman–Crippen MR) is 138 cm³/mol. The second-order valence-corrected chi connectivity index (χ2v) is 9.58. The maximum absolute atomic E-state index is 5.08. The highest BCUT2D eigenvalue weighted by Gasteiger charge is 2.21. The minimum absolute atomic E-state index is 0.133. The molecule has 33 heavy (non-hydrogen) atoms. The summed E-state index contributed by atoms with van der Waals surface area (Å²) in [6, 6.07) is 34.2. The molecule has 0 unspecified atom stereocenters. The highest BCUT2D eigenvalue weighted by molar-refractivity contribution is 6.11. The molecule has 0 aliphatic heterocycles. The molecule has 0 saturated carbocycles. The van der Waals surface area contributed by atoms with Crippen LogP contribution in [0, 0.1) is 0 Å². The minimum atomic E-state index is -0.133. The molecule has 0 saturated heterocycles. The molecular formula is C30H25N3. The third-order valence-corrected chi connectivity index (χ3v) is 6.23. The average molecular weight is 428 g/mol. The van der Waals surface area contributed by atoms with Gasteiger partial charge in [-0.25, -0.2) is 9.97 Å². The van der Waals surface area contributed by atoms with Gasteiger partial charge in [0.05, 0.1) is 22.2 Å². The van der Waals surface area contributed by atoms with E-state index < -0.39 is 0 Å². The van der Waals surface area contributed by atoms with E-state index in [0.29, 0.717) is 0 Å². The van der Waals surface area contributed by atoms with Crippen molar-refractivity contribution in [3.05, 3.63) is 103 Å². The van der Waals surface area contributed by atoms with E-state index in [4.69, 9.17) is 9.97 Å². The van der Waals surface area contributed by atoms with Gasteiger partial charge in [0.15, 0.2) is 0 Å². The number of nitrogens with zero attached hydrogens (tertiary/aromatic N) is 3. The van der Waals surface area contributed by atoms with Crippen molar-refractivity contribution in [3.63, 3.8) is 0 Å². The van der Waals surface area contributed by atoms with Crippen molar-refractivity contribution in [1.82, 2.24) is 14.5 Å². The van der Waals surface area contributed by atoms with Crippen molar-refractivity contribution >= 4 is 32.7 Å². The van der Waals surface area contributed by atoms with Crippen molar-refractivity contribution in [2.75, 3.05) is 0 Å². The van der Waals surface area contributed by atoms with Crippen LogP contribution >= 0.6 is 0 Å². The summed E-state index contributed by atoms with van der Waals surface area (Å²) in [5.74, 6) is 0.864. The lowest BCUT2D eigenvalue weighted by Crippen LogP contribution is -2.16. The van der Waals surface area contributed by atoms with Crippen LogP contribution in [0.25, 0.3) is 49.7 Å². The fraction of sp³-hybridized carbons (Fsp3) is 0.133. The molecule has 4 aromatic carbocycles. The molecule has 0 aliphatic rings. The highest BCUT2D eigenvalue weighted by atomic mass is 15.0. The van der Waals surface area contributed by atoms with Crippen LogP contribution < -0.4 is 0 Å². The number of benzene rings is 4. The number of para-hydroxylation sites is 3. The first-order chi connectivity index (χ1) is 16.0. The van der Waals surface area contributed by atoms with E-state index in [0.717, 1.165) is 28.0 Å². The zero-order chi connectivity index (χ0) is 22.6. The quantitative estimate of drug-likeness (QED) is 0.283. The first-order valence-corrected chi connectivity index (χ1v) is 11.4. The second kappa shape index (κ2) is 7.28. The Morgan fingerprint density at radius 2 is 1.27 bits per heavy atom. The summed E-state index contributed by atoms with van der Waals surface area (Å²) in [4.78, 5) is 9.95. The number of hydrogen-bond acceptors (Lipinski definition) is 2. The zero-order valence-electron chi connectivity index (χ0n) is 19.1. The fourth-order valence-electron chi connectivity index (χ4n) is 4.61. The van der Waals surface area contributed by atoms with Crippen molar-refractivity contribution in [1.29, 1.82) is 0 Å². The van der Waals surface area contributed by atoms with E-state index in [1.165, 1.54) is 27.5 Å². The van der Waals surface area contributed by atoms with Gasteiger partial charge in [0.2, 0.25) is 0 Å². The average Bonchev–Trinajstić information content (AvgIpc) is 3.17. The van der Waals surface area contributed by atoms with Crippen LogP contribution in [0.5, 0.6) is 0 Å². The lowest BCUT2D eigenvalue weighted by molar-refractivity contribution is 0.549. The van der Waals surface area contributed by atoms with Gasteiger partial charge in [-0.15, -0.1) is 0 Å². The molecule has 6 aromatic rings. The Bertz CT molecular complexity index is 1640. The summed E-state index contributed by atoms with van der Waals surface area (Å²) in [7, 11) is 0. The standard InChI is InChI=1S/C30H25N3/c1-30(2,3)29-31-25-15-9-7-14-23(25)28(32-29)20-17-18-27-24(19-20)22-13-8-10-16-26(22)33(27)21-11-5-4-6-12-21/h4-19H,1-3H3. The van der Waals surface area contributed by atoms with Gasteiger partial charge in [-0.05, 0) is 36.4 Å². The highest BCUT2D eigenvalue weighted by Crippen LogP contribution is 2.36. The third-order valence-electron chi connectivity index (χ3n) is 6.23. The number of aromatic nitrogens is 3. The zero-order valence-corrected chi connectivity index (χ0v) is 19.1. The molecule has 0 atom stereocenters. The molecule has 6 rings (SSSR count). The SMILES string of the molecule is CC(C)(C)c1nc(-c2ccc3c(c2)c2ccccc2n3-c2ccccc2)c2ccccc2n1. The largest absolute Gasteiger partial charge is 0.309 e. The van der Waals surface area contributed by atoms with Crippen molar-refractivity contribution in [2.45, 2.75) is 26.2 Å². The maximum atomic E-state index is 5.08. The Morgan fingerprint density at radius 3 is 2.06 bits per heavy atom. The molecule has 0 N–H and O–H groups in total. The van der Waals surface area contributed by atoms with Crippen LogP contribution in [0.2, 0.25) is 0 Å². The summed E-state index contributed by atoms with van der Waals surface area (Å²) in [5, 5.41) is 3.55. The second-order valence-electron chi connectivity index (χ2n) is 9.58. The molecule has 2 heterocycles. The Hall–Kier alpha value is -3.98. The van der Waals surface area contributed by atoms with E-state index >= 15 is 0 Å². The molecule has 0 radical (unpaired) electrons. The van der Waals surface area contributed by atoms with E-state index in [1.807, 2.05) is 6.07 Å². The van der Waals surface area contributed by atoms with Crippen molar-refractivity contribution in [3.8, 4) is 16.9 Å². The van der Waals surface area contributed by atoms with Crippen LogP contribution in [-0.2, 0) is 5.41 Å². The molecule has 0 amide bonds. The van der Waals surface area contributed by atoms with Gasteiger partial charge in [-0.2, -0.15) is 0 Å². The summed E-state index contributed by atoms with van der Waals surface area (Å²) in [5.41, 5.74) is 6.52. The van der Waals surface area contributed by atoms with Gasteiger partial charge < -0.3 is 4.57 Å². The van der Waals surface area contributed by atoms with E-state index in [2.05, 4.69) is 116 Å². The van der Waals surface area contributed by atoms with Gasteiger partial charge in [0, 0.05) is 32.8 Å². The van der Waals surface area contributed by atoms with Crippen molar-refractivity contribution in [2.24, 2.45) is 0 Å². The molecule has 0 fully saturated rings. The monoisotopic (exact) mass is 427 g/mol. The molecule has 2 aromatic heterocycles. The van der Waals surface area contributed by atoms with Crippen LogP contribution in [0.4, 0.5) is 0 Å². The number of hydrogen-bond donors (Lipinski definition) is 0. The van der Waals surface area contributed by atoms with Crippen LogP contribution in [0.15, 0.2) is 97.1 Å². The number of fused-ring (bicyclic) bond motifs is 4. The van der Waals surface area contributed by atoms with Gasteiger partial charge in [-0.1, -0.05) is 81.4 Å². The Labute approximate surface area is 193 Å². The topological polar surface area (TPSA) is 30.7 Å². The third kappa shape index (κ3) is 3.20. The summed E-state index contributed by atoms with van der Waals surface area (Å²) < 4.78 is 2.34. The Balaban J connectivity index is 1.67. The molecular weight excluding hydrogens is 402 g/mol. The minimum Gasteiger partial charge on any atom is -0.309 e. The van der Waals surface area contributed by atoms with Gasteiger partial charge in [-0.3, -0.25) is 0 Å². The maximum Gasteiger partial charge on any atom is 0.135 e. The van der Waals surface area contributed by atoms with Gasteiger partial charge in [0.1, 0.15) is 5.82 Å². The Morgan fingerprint density at radius 1 is 0.606 bits per heavy atom. The summed E-state index contributed by atoms with van der Waals surface area (Å²) in [6.45, 7) is 6.49. The number of rotatable bonds is 2. The molecule has 0 spiro atoms. The van der Waals surface area contributed by atoms with E-state index in [9.17, 15) is 0 Å². The first-order valence-electron chi connectivity index (χ1n) is 11.4. The molecule has 0 bridgehead atoms. The van der Waals surface area contributed by atoms with Crippen LogP contribution in [0.1, 0.15) is 26.6 Å². The molecule has 3 heteroatoms. The normalized spacial score (nSPS) is 12.1. The van der Waals surface area contributed by atoms with Crippen molar-refractivity contribution < 1.29 is 0 Å². The summed E-state index contributed by atoms with van der Waals surface area (Å²) in [6.07, 6.45) is 0. The summed E-state index contributed by atoms with van der Waals surface area (Å²) >= 11 is 0.